The number of likely N-dealkylation sites (tertiary alicyclic amines) is 1. The lowest BCUT2D eigenvalue weighted by molar-refractivity contribution is -0.130. The number of nitrogens with one attached hydrogen (secondary N) is 3. The summed E-state index contributed by atoms with van der Waals surface area (Å²) in [6.07, 6.45) is 5.60. The molecule has 1 saturated heterocycles. The number of benzene rings is 1. The van der Waals surface area contributed by atoms with Crippen LogP contribution in [0.5, 0.6) is 0 Å². The summed E-state index contributed by atoms with van der Waals surface area (Å²) < 4.78 is 0. The summed E-state index contributed by atoms with van der Waals surface area (Å²) in [5, 5.41) is 9.31. The van der Waals surface area contributed by atoms with Crippen molar-refractivity contribution in [2.24, 2.45) is 4.99 Å². The van der Waals surface area contributed by atoms with Gasteiger partial charge in [-0.1, -0.05) is 36.8 Å². The minimum absolute atomic E-state index is 0. The Balaban J connectivity index is 0.00000450. The highest BCUT2D eigenvalue weighted by molar-refractivity contribution is 14.0. The standard InChI is InChI=1S/C22H35N5O2.HI/c1-2-23-22(25-14-9-17-27-16-8-4-7-12-21(27)29)26-18-20(28)24-15-13-19-10-5-3-6-11-19;/h3,5-6,10-11H,2,4,7-9,12-18H2,1H3,(H,24,28)(H2,23,25,26);1H. The van der Waals surface area contributed by atoms with Crippen LogP contribution in [0.25, 0.3) is 0 Å². The van der Waals surface area contributed by atoms with Gasteiger partial charge in [0.1, 0.15) is 6.54 Å². The zero-order chi connectivity index (χ0) is 20.7. The molecule has 0 atom stereocenters. The van der Waals surface area contributed by atoms with Crippen LogP contribution in [-0.4, -0.2) is 61.9 Å². The van der Waals surface area contributed by atoms with E-state index in [4.69, 9.17) is 0 Å². The molecule has 7 nitrogen and oxygen atoms in total. The molecule has 1 heterocycles. The Morgan fingerprint density at radius 2 is 1.87 bits per heavy atom. The summed E-state index contributed by atoms with van der Waals surface area (Å²) in [5.41, 5.74) is 1.20. The third-order valence-corrected chi connectivity index (χ3v) is 4.87. The number of carbonyl (C=O) groups is 2. The molecule has 2 rings (SSSR count). The van der Waals surface area contributed by atoms with E-state index in [0.29, 0.717) is 25.5 Å². The predicted molar refractivity (Wildman–Crippen MR) is 132 cm³/mol. The van der Waals surface area contributed by atoms with Gasteiger partial charge < -0.3 is 20.9 Å². The molecule has 1 aliphatic heterocycles. The third kappa shape index (κ3) is 10.8. The topological polar surface area (TPSA) is 85.8 Å². The molecule has 0 aromatic heterocycles. The zero-order valence-corrected chi connectivity index (χ0v) is 20.3. The van der Waals surface area contributed by atoms with E-state index in [1.807, 2.05) is 30.0 Å². The van der Waals surface area contributed by atoms with Gasteiger partial charge in [0.05, 0.1) is 0 Å². The first-order valence-electron chi connectivity index (χ1n) is 10.8. The summed E-state index contributed by atoms with van der Waals surface area (Å²) in [7, 11) is 0. The normalized spacial score (nSPS) is 14.5. The lowest BCUT2D eigenvalue weighted by atomic mass is 10.1. The first-order chi connectivity index (χ1) is 14.2. The van der Waals surface area contributed by atoms with Crippen LogP contribution in [0.4, 0.5) is 0 Å². The molecule has 1 aromatic rings. The Morgan fingerprint density at radius 1 is 1.07 bits per heavy atom. The molecule has 2 amide bonds. The lowest BCUT2D eigenvalue weighted by Crippen LogP contribution is -2.40. The molecule has 0 radical (unpaired) electrons. The molecule has 0 saturated carbocycles. The largest absolute Gasteiger partial charge is 0.357 e. The van der Waals surface area contributed by atoms with E-state index in [-0.39, 0.29) is 42.3 Å². The molecule has 0 unspecified atom stereocenters. The van der Waals surface area contributed by atoms with Crippen molar-refractivity contribution in [1.29, 1.82) is 0 Å². The summed E-state index contributed by atoms with van der Waals surface area (Å²) in [5.74, 6) is 0.816. The average Bonchev–Trinajstić information content (AvgIpc) is 2.94. The number of aliphatic imine (C=N–C) groups is 1. The maximum Gasteiger partial charge on any atom is 0.241 e. The van der Waals surface area contributed by atoms with E-state index in [1.165, 1.54) is 5.56 Å². The molecule has 168 valence electrons. The van der Waals surface area contributed by atoms with Crippen LogP contribution < -0.4 is 16.0 Å². The van der Waals surface area contributed by atoms with Gasteiger partial charge in [0.25, 0.3) is 0 Å². The summed E-state index contributed by atoms with van der Waals surface area (Å²) >= 11 is 0. The number of hydrogen-bond donors (Lipinski definition) is 3. The number of halogens is 1. The number of amides is 2. The summed E-state index contributed by atoms with van der Waals surface area (Å²) in [4.78, 5) is 30.4. The molecule has 0 bridgehead atoms. The SMILES string of the molecule is CCNC(=NCC(=O)NCCc1ccccc1)NCCCN1CCCCCC1=O.I. The molecule has 0 aliphatic carbocycles. The number of hydrogen-bond acceptors (Lipinski definition) is 3. The van der Waals surface area contributed by atoms with Crippen molar-refractivity contribution in [2.45, 2.75) is 45.4 Å². The van der Waals surface area contributed by atoms with Gasteiger partial charge in [0.15, 0.2) is 5.96 Å². The van der Waals surface area contributed by atoms with Gasteiger partial charge in [-0.3, -0.25) is 9.59 Å². The van der Waals surface area contributed by atoms with Crippen LogP contribution >= 0.6 is 24.0 Å². The van der Waals surface area contributed by atoms with E-state index >= 15 is 0 Å². The highest BCUT2D eigenvalue weighted by Gasteiger charge is 2.15. The van der Waals surface area contributed by atoms with E-state index in [2.05, 4.69) is 33.1 Å². The predicted octanol–water partition coefficient (Wildman–Crippen LogP) is 2.31. The minimum Gasteiger partial charge on any atom is -0.357 e. The Kier molecular flexibility index (Phi) is 13.9. The maximum atomic E-state index is 12.0. The Hall–Kier alpha value is -1.84. The first-order valence-corrected chi connectivity index (χ1v) is 10.8. The van der Waals surface area contributed by atoms with Crippen molar-refractivity contribution in [3.05, 3.63) is 35.9 Å². The number of guanidine groups is 1. The quantitative estimate of drug-likeness (QED) is 0.188. The minimum atomic E-state index is -0.0895. The third-order valence-electron chi connectivity index (χ3n) is 4.87. The first kappa shape index (κ1) is 26.2. The van der Waals surface area contributed by atoms with Crippen molar-refractivity contribution in [2.75, 3.05) is 39.3 Å². The Bertz CT molecular complexity index is 654. The van der Waals surface area contributed by atoms with E-state index < -0.39 is 0 Å². The van der Waals surface area contributed by atoms with Gasteiger partial charge in [0.2, 0.25) is 11.8 Å². The summed E-state index contributed by atoms with van der Waals surface area (Å²) in [6.45, 7) is 5.77. The highest BCUT2D eigenvalue weighted by atomic mass is 127. The fraction of sp³-hybridized carbons (Fsp3) is 0.591. The number of carbonyl (C=O) groups excluding carboxylic acids is 2. The van der Waals surface area contributed by atoms with E-state index in [0.717, 1.165) is 51.7 Å². The van der Waals surface area contributed by atoms with Gasteiger partial charge in [0, 0.05) is 39.1 Å². The second-order valence-corrected chi connectivity index (χ2v) is 7.25. The number of nitrogens with zero attached hydrogens (tertiary/aromatic N) is 2. The molecule has 8 heteroatoms. The van der Waals surface area contributed by atoms with Crippen molar-refractivity contribution >= 4 is 41.8 Å². The van der Waals surface area contributed by atoms with Crippen LogP contribution in [0.2, 0.25) is 0 Å². The Labute approximate surface area is 197 Å². The van der Waals surface area contributed by atoms with Crippen LogP contribution in [0.3, 0.4) is 0 Å². The van der Waals surface area contributed by atoms with Gasteiger partial charge >= 0.3 is 0 Å². The highest BCUT2D eigenvalue weighted by Crippen LogP contribution is 2.11. The lowest BCUT2D eigenvalue weighted by Gasteiger charge is -2.20. The smallest absolute Gasteiger partial charge is 0.241 e. The van der Waals surface area contributed by atoms with Gasteiger partial charge in [-0.2, -0.15) is 0 Å². The average molecular weight is 529 g/mol. The monoisotopic (exact) mass is 529 g/mol. The zero-order valence-electron chi connectivity index (χ0n) is 18.0. The molecular formula is C22H36IN5O2. The molecule has 1 fully saturated rings. The molecule has 1 aromatic carbocycles. The van der Waals surface area contributed by atoms with Crippen molar-refractivity contribution in [3.8, 4) is 0 Å². The van der Waals surface area contributed by atoms with Crippen LogP contribution in [0.1, 0.15) is 44.6 Å². The fourth-order valence-electron chi connectivity index (χ4n) is 3.29. The van der Waals surface area contributed by atoms with Crippen molar-refractivity contribution in [3.63, 3.8) is 0 Å². The van der Waals surface area contributed by atoms with Crippen molar-refractivity contribution < 1.29 is 9.59 Å². The maximum absolute atomic E-state index is 12.0. The number of rotatable bonds is 10. The van der Waals surface area contributed by atoms with Crippen LogP contribution in [0, 0.1) is 0 Å². The van der Waals surface area contributed by atoms with Gasteiger partial charge in [-0.15, -0.1) is 24.0 Å². The van der Waals surface area contributed by atoms with Crippen LogP contribution in [-0.2, 0) is 16.0 Å². The molecular weight excluding hydrogens is 493 g/mol. The second-order valence-electron chi connectivity index (χ2n) is 7.25. The van der Waals surface area contributed by atoms with Gasteiger partial charge in [-0.25, -0.2) is 4.99 Å². The van der Waals surface area contributed by atoms with E-state index in [9.17, 15) is 9.59 Å². The van der Waals surface area contributed by atoms with Gasteiger partial charge in [-0.05, 0) is 38.2 Å². The molecule has 1 aliphatic rings. The molecule has 0 spiro atoms. The summed E-state index contributed by atoms with van der Waals surface area (Å²) in [6, 6.07) is 10.1. The molecule has 3 N–H and O–H groups in total. The van der Waals surface area contributed by atoms with Crippen molar-refractivity contribution in [1.82, 2.24) is 20.9 Å². The van der Waals surface area contributed by atoms with Crippen LogP contribution in [0.15, 0.2) is 35.3 Å². The second kappa shape index (κ2) is 15.9. The molecule has 30 heavy (non-hydrogen) atoms. The van der Waals surface area contributed by atoms with E-state index in [1.54, 1.807) is 0 Å². The fourth-order valence-corrected chi connectivity index (χ4v) is 3.29. The Morgan fingerprint density at radius 3 is 2.63 bits per heavy atom.